The predicted molar refractivity (Wildman–Crippen MR) is 36.1 cm³/mol. The molecule has 0 aromatic carbocycles. The Morgan fingerprint density at radius 3 is 1.00 bits per heavy atom. The molecule has 0 saturated carbocycles. The van der Waals surface area contributed by atoms with Crippen molar-refractivity contribution >= 4 is 0 Å². The van der Waals surface area contributed by atoms with E-state index in [0.29, 0.717) is 0 Å². The fraction of sp³-hybridized carbons (Fsp3) is 0.714. The number of rotatable bonds is 2. The SMILES string of the molecule is FC(F)(F)OC1=C(OC(F)(F)F)C(F)(F)C(F)(F)C1(F)F. The zero-order valence-corrected chi connectivity index (χ0v) is 8.85. The van der Waals surface area contributed by atoms with E-state index in [1.54, 1.807) is 0 Å². The van der Waals surface area contributed by atoms with Gasteiger partial charge in [0.1, 0.15) is 0 Å². The lowest BCUT2D eigenvalue weighted by Gasteiger charge is -2.24. The molecule has 1 aliphatic carbocycles. The Kier molecular flexibility index (Phi) is 3.55. The Balaban J connectivity index is 3.52. The first kappa shape index (κ1) is 17.6. The van der Waals surface area contributed by atoms with Crippen LogP contribution in [0.15, 0.2) is 11.5 Å². The van der Waals surface area contributed by atoms with Crippen LogP contribution < -0.4 is 0 Å². The van der Waals surface area contributed by atoms with Gasteiger partial charge in [-0.2, -0.15) is 26.3 Å². The van der Waals surface area contributed by atoms with E-state index in [1.807, 2.05) is 0 Å². The molecular weight excluding hydrogens is 344 g/mol. The van der Waals surface area contributed by atoms with Crippen molar-refractivity contribution in [2.45, 2.75) is 30.5 Å². The third-order valence-electron chi connectivity index (χ3n) is 2.00. The molecule has 0 fully saturated rings. The topological polar surface area (TPSA) is 18.5 Å². The molecule has 0 aromatic rings. The fourth-order valence-electron chi connectivity index (χ4n) is 1.22. The quantitative estimate of drug-likeness (QED) is 0.700. The maximum absolute atomic E-state index is 12.9. The van der Waals surface area contributed by atoms with E-state index < -0.39 is 42.0 Å². The number of ether oxygens (including phenoxy) is 2. The second-order valence-corrected chi connectivity index (χ2v) is 3.48. The lowest BCUT2D eigenvalue weighted by Crippen LogP contribution is -2.50. The highest BCUT2D eigenvalue weighted by molar-refractivity contribution is 5.34. The second kappa shape index (κ2) is 4.25. The van der Waals surface area contributed by atoms with Crippen LogP contribution >= 0.6 is 0 Å². The smallest absolute Gasteiger partial charge is 0.400 e. The van der Waals surface area contributed by atoms with E-state index in [1.165, 1.54) is 0 Å². The predicted octanol–water partition coefficient (Wildman–Crippen LogP) is 4.19. The van der Waals surface area contributed by atoms with E-state index in [4.69, 9.17) is 0 Å². The van der Waals surface area contributed by atoms with Gasteiger partial charge in [0.15, 0.2) is 0 Å². The third-order valence-corrected chi connectivity index (χ3v) is 2.00. The van der Waals surface area contributed by atoms with Gasteiger partial charge in [-0.3, -0.25) is 0 Å². The standard InChI is InChI=1S/C7F12O2/c8-3(9)1(20-6(14,15)16)2(21-7(17,18)19)4(10,11)5(3,12)13. The molecule has 0 atom stereocenters. The number of alkyl halides is 12. The zero-order valence-electron chi connectivity index (χ0n) is 8.85. The monoisotopic (exact) mass is 344 g/mol. The van der Waals surface area contributed by atoms with Crippen molar-refractivity contribution in [1.29, 1.82) is 0 Å². The van der Waals surface area contributed by atoms with Crippen molar-refractivity contribution in [3.05, 3.63) is 11.5 Å². The van der Waals surface area contributed by atoms with Crippen molar-refractivity contribution in [2.24, 2.45) is 0 Å². The molecule has 0 radical (unpaired) electrons. The Morgan fingerprint density at radius 1 is 0.571 bits per heavy atom. The Hall–Kier alpha value is -1.50. The summed E-state index contributed by atoms with van der Waals surface area (Å²) in [6.07, 6.45) is -12.5. The maximum Gasteiger partial charge on any atom is 0.573 e. The molecule has 0 N–H and O–H groups in total. The Bertz CT molecular complexity index is 415. The summed E-state index contributed by atoms with van der Waals surface area (Å²) in [7, 11) is 0. The molecule has 0 saturated heterocycles. The molecule has 1 aliphatic rings. The first-order valence-corrected chi connectivity index (χ1v) is 4.33. The minimum absolute atomic E-state index is 2.19. The molecule has 1 rings (SSSR count). The van der Waals surface area contributed by atoms with Crippen molar-refractivity contribution in [3.8, 4) is 0 Å². The average molecular weight is 344 g/mol. The van der Waals surface area contributed by atoms with E-state index in [2.05, 4.69) is 9.47 Å². The van der Waals surface area contributed by atoms with Crippen LogP contribution in [0.25, 0.3) is 0 Å². The number of allylic oxidation sites excluding steroid dienone is 2. The minimum atomic E-state index is -6.62. The molecular formula is C7F12O2. The van der Waals surface area contributed by atoms with Crippen LogP contribution in [-0.4, -0.2) is 30.5 Å². The Morgan fingerprint density at radius 2 is 0.810 bits per heavy atom. The number of halogens is 12. The third kappa shape index (κ3) is 2.79. The van der Waals surface area contributed by atoms with E-state index in [9.17, 15) is 52.7 Å². The summed E-state index contributed by atoms with van der Waals surface area (Å²) in [5.74, 6) is -26.7. The summed E-state index contributed by atoms with van der Waals surface area (Å²) >= 11 is 0. The van der Waals surface area contributed by atoms with Gasteiger partial charge in [0, 0.05) is 0 Å². The first-order chi connectivity index (χ1) is 8.93. The van der Waals surface area contributed by atoms with Crippen LogP contribution in [-0.2, 0) is 9.47 Å². The highest BCUT2D eigenvalue weighted by Crippen LogP contribution is 2.61. The van der Waals surface area contributed by atoms with Gasteiger partial charge in [-0.05, 0) is 0 Å². The van der Waals surface area contributed by atoms with Gasteiger partial charge in [0.25, 0.3) is 0 Å². The molecule has 14 heteroatoms. The fourth-order valence-corrected chi connectivity index (χ4v) is 1.22. The largest absolute Gasteiger partial charge is 0.573 e. The van der Waals surface area contributed by atoms with E-state index in [-0.39, 0.29) is 0 Å². The molecule has 21 heavy (non-hydrogen) atoms. The van der Waals surface area contributed by atoms with E-state index >= 15 is 0 Å². The van der Waals surface area contributed by atoms with Crippen LogP contribution in [0.5, 0.6) is 0 Å². The lowest BCUT2D eigenvalue weighted by molar-refractivity contribution is -0.332. The first-order valence-electron chi connectivity index (χ1n) is 4.33. The molecule has 0 amide bonds. The molecule has 2 nitrogen and oxygen atoms in total. The summed E-state index contributed by atoms with van der Waals surface area (Å²) in [6.45, 7) is 0. The summed E-state index contributed by atoms with van der Waals surface area (Å²) < 4.78 is 152. The van der Waals surface area contributed by atoms with Crippen molar-refractivity contribution in [2.75, 3.05) is 0 Å². The van der Waals surface area contributed by atoms with Gasteiger partial charge in [-0.25, -0.2) is 0 Å². The Labute approximate surface area is 105 Å². The molecule has 0 bridgehead atoms. The van der Waals surface area contributed by atoms with Crippen LogP contribution in [0.2, 0.25) is 0 Å². The summed E-state index contributed by atoms with van der Waals surface area (Å²) in [4.78, 5) is 0. The summed E-state index contributed by atoms with van der Waals surface area (Å²) in [5.41, 5.74) is 0. The van der Waals surface area contributed by atoms with Crippen LogP contribution in [0.4, 0.5) is 52.7 Å². The molecule has 0 heterocycles. The maximum atomic E-state index is 12.9. The van der Waals surface area contributed by atoms with Crippen LogP contribution in [0.1, 0.15) is 0 Å². The highest BCUT2D eigenvalue weighted by atomic mass is 19.4. The van der Waals surface area contributed by atoms with Crippen LogP contribution in [0, 0.1) is 0 Å². The summed E-state index contributed by atoms with van der Waals surface area (Å²) in [6, 6.07) is 0. The molecule has 0 aromatic heterocycles. The van der Waals surface area contributed by atoms with Gasteiger partial charge in [0.2, 0.25) is 11.5 Å². The van der Waals surface area contributed by atoms with E-state index in [0.717, 1.165) is 0 Å². The molecule has 124 valence electrons. The van der Waals surface area contributed by atoms with Gasteiger partial charge < -0.3 is 9.47 Å². The van der Waals surface area contributed by atoms with Crippen molar-refractivity contribution in [1.82, 2.24) is 0 Å². The van der Waals surface area contributed by atoms with Gasteiger partial charge in [-0.1, -0.05) is 0 Å². The number of hydrogen-bond donors (Lipinski definition) is 0. The number of hydrogen-bond acceptors (Lipinski definition) is 2. The average Bonchev–Trinajstić information content (AvgIpc) is 2.25. The normalized spacial score (nSPS) is 24.2. The lowest BCUT2D eigenvalue weighted by atomic mass is 10.1. The molecule has 0 spiro atoms. The minimum Gasteiger partial charge on any atom is -0.400 e. The highest BCUT2D eigenvalue weighted by Gasteiger charge is 2.84. The summed E-state index contributed by atoms with van der Waals surface area (Å²) in [5, 5.41) is 0. The zero-order chi connectivity index (χ0) is 17.1. The van der Waals surface area contributed by atoms with Gasteiger partial charge in [0.05, 0.1) is 0 Å². The molecule has 0 unspecified atom stereocenters. The molecule has 0 aliphatic heterocycles. The van der Waals surface area contributed by atoms with Crippen molar-refractivity contribution < 1.29 is 62.2 Å². The van der Waals surface area contributed by atoms with Crippen molar-refractivity contribution in [3.63, 3.8) is 0 Å². The van der Waals surface area contributed by atoms with Gasteiger partial charge >= 0.3 is 30.5 Å². The van der Waals surface area contributed by atoms with Crippen LogP contribution in [0.3, 0.4) is 0 Å². The second-order valence-electron chi connectivity index (χ2n) is 3.48. The van der Waals surface area contributed by atoms with Gasteiger partial charge in [-0.15, -0.1) is 26.3 Å².